The summed E-state index contributed by atoms with van der Waals surface area (Å²) in [6.45, 7) is 10.3. The van der Waals surface area contributed by atoms with E-state index in [1.165, 1.54) is 0 Å². The molecule has 3 heterocycles. The van der Waals surface area contributed by atoms with Gasteiger partial charge in [0.1, 0.15) is 23.2 Å². The Morgan fingerprint density at radius 1 is 1.21 bits per heavy atom. The molecule has 150 valence electrons. The molecule has 1 aromatic carbocycles. The fraction of sp³-hybridized carbons (Fsp3) is 0.522. The van der Waals surface area contributed by atoms with E-state index in [0.717, 1.165) is 40.7 Å². The number of ether oxygens (including phenoxy) is 3. The van der Waals surface area contributed by atoms with E-state index in [4.69, 9.17) is 18.6 Å². The van der Waals surface area contributed by atoms with Crippen molar-refractivity contribution < 1.29 is 18.6 Å². The van der Waals surface area contributed by atoms with Gasteiger partial charge in [0.25, 0.3) is 0 Å². The maximum Gasteiger partial charge on any atom is 0.336 e. The first kappa shape index (κ1) is 19.1. The van der Waals surface area contributed by atoms with E-state index in [1.807, 2.05) is 26.8 Å². The van der Waals surface area contributed by atoms with E-state index in [9.17, 15) is 4.79 Å². The lowest BCUT2D eigenvalue weighted by Crippen LogP contribution is -2.35. The summed E-state index contributed by atoms with van der Waals surface area (Å²) in [7, 11) is 1.69. The Hall–Kier alpha value is -2.27. The highest BCUT2D eigenvalue weighted by molar-refractivity contribution is 5.97. The first-order valence-corrected chi connectivity index (χ1v) is 10.0. The summed E-state index contributed by atoms with van der Waals surface area (Å²) in [5.41, 5.74) is 2.37. The monoisotopic (exact) mass is 384 g/mol. The molecule has 5 nitrogen and oxygen atoms in total. The minimum Gasteiger partial charge on any atom is -0.489 e. The van der Waals surface area contributed by atoms with Crippen molar-refractivity contribution in [2.45, 2.75) is 65.3 Å². The first-order chi connectivity index (χ1) is 13.3. The third kappa shape index (κ3) is 2.84. The smallest absolute Gasteiger partial charge is 0.336 e. The van der Waals surface area contributed by atoms with Crippen LogP contribution in [0.2, 0.25) is 0 Å². The molecular weight excluding hydrogens is 356 g/mol. The van der Waals surface area contributed by atoms with Gasteiger partial charge in [-0.2, -0.15) is 0 Å². The second-order valence-corrected chi connectivity index (χ2v) is 8.41. The highest BCUT2D eigenvalue weighted by Crippen LogP contribution is 2.52. The Labute approximate surface area is 165 Å². The van der Waals surface area contributed by atoms with Crippen LogP contribution in [-0.4, -0.2) is 18.8 Å². The quantitative estimate of drug-likeness (QED) is 0.694. The molecule has 3 atom stereocenters. The average molecular weight is 384 g/mol. The van der Waals surface area contributed by atoms with Gasteiger partial charge in [0.2, 0.25) is 0 Å². The molecule has 1 aromatic heterocycles. The van der Waals surface area contributed by atoms with Crippen molar-refractivity contribution in [3.8, 4) is 11.5 Å². The minimum atomic E-state index is -0.456. The average Bonchev–Trinajstić information content (AvgIpc) is 2.62. The van der Waals surface area contributed by atoms with Crippen molar-refractivity contribution >= 4 is 17.0 Å². The summed E-state index contributed by atoms with van der Waals surface area (Å²) in [6.07, 6.45) is 5.52. The molecule has 0 N–H and O–H groups in total. The largest absolute Gasteiger partial charge is 0.489 e. The van der Waals surface area contributed by atoms with Crippen molar-refractivity contribution in [3.63, 3.8) is 0 Å². The van der Waals surface area contributed by atoms with Crippen LogP contribution in [0.1, 0.15) is 63.8 Å². The first-order valence-electron chi connectivity index (χ1n) is 10.0. The van der Waals surface area contributed by atoms with Crippen LogP contribution in [-0.2, 0) is 11.2 Å². The Kier molecular flexibility index (Phi) is 4.53. The Bertz CT molecular complexity index is 1010. The molecule has 2 aliphatic rings. The Balaban J connectivity index is 2.17. The van der Waals surface area contributed by atoms with Crippen molar-refractivity contribution in [1.82, 2.24) is 0 Å². The standard InChI is InChI=1S/C23H28O5/c1-7-8-14-11-16(24)27-22-17(14)21-15(9-10-23(4,5)28-21)20-18(22)19(25-6)12(2)13(3)26-20/h9-13,19H,7-8H2,1-6H3/t12-,13-,19+/m1/s1. The van der Waals surface area contributed by atoms with Crippen LogP contribution in [0.25, 0.3) is 17.0 Å². The molecule has 0 saturated carbocycles. The van der Waals surface area contributed by atoms with Crippen LogP contribution in [0.5, 0.6) is 11.5 Å². The SMILES string of the molecule is CCCc1cc(=O)oc2c3c(c4c(c12)OC(C)(C)C=C4)O[C@H](C)[C@@H](C)[C@@H]3OC. The van der Waals surface area contributed by atoms with Gasteiger partial charge in [-0.15, -0.1) is 0 Å². The number of hydrogen-bond donors (Lipinski definition) is 0. The Morgan fingerprint density at radius 3 is 2.64 bits per heavy atom. The summed E-state index contributed by atoms with van der Waals surface area (Å²) in [5, 5.41) is 0.861. The molecule has 0 fully saturated rings. The van der Waals surface area contributed by atoms with Crippen molar-refractivity contribution in [1.29, 1.82) is 0 Å². The third-order valence-electron chi connectivity index (χ3n) is 5.84. The maximum absolute atomic E-state index is 12.4. The zero-order valence-electron chi connectivity index (χ0n) is 17.4. The van der Waals surface area contributed by atoms with Crippen LogP contribution in [0, 0.1) is 5.92 Å². The van der Waals surface area contributed by atoms with Gasteiger partial charge in [0, 0.05) is 19.1 Å². The summed E-state index contributed by atoms with van der Waals surface area (Å²) in [5.74, 6) is 1.54. The van der Waals surface area contributed by atoms with E-state index in [2.05, 4.69) is 19.9 Å². The molecule has 5 heteroatoms. The van der Waals surface area contributed by atoms with Crippen LogP contribution >= 0.6 is 0 Å². The number of benzene rings is 1. The third-order valence-corrected chi connectivity index (χ3v) is 5.84. The fourth-order valence-electron chi connectivity index (χ4n) is 4.29. The van der Waals surface area contributed by atoms with Crippen LogP contribution < -0.4 is 15.1 Å². The number of fused-ring (bicyclic) bond motifs is 6. The van der Waals surface area contributed by atoms with Gasteiger partial charge in [-0.3, -0.25) is 0 Å². The van der Waals surface area contributed by atoms with Gasteiger partial charge in [-0.1, -0.05) is 20.3 Å². The normalized spacial score (nSPS) is 25.0. The van der Waals surface area contributed by atoms with Gasteiger partial charge in [-0.25, -0.2) is 4.79 Å². The molecule has 0 saturated heterocycles. The number of aryl methyl sites for hydroxylation is 1. The van der Waals surface area contributed by atoms with E-state index < -0.39 is 5.60 Å². The lowest BCUT2D eigenvalue weighted by atomic mass is 9.84. The molecule has 0 amide bonds. The van der Waals surface area contributed by atoms with Gasteiger partial charge >= 0.3 is 5.63 Å². The Morgan fingerprint density at radius 2 is 1.96 bits per heavy atom. The molecule has 0 aliphatic carbocycles. The summed E-state index contributed by atoms with van der Waals surface area (Å²) < 4.78 is 24.4. The van der Waals surface area contributed by atoms with Gasteiger partial charge in [-0.05, 0) is 44.9 Å². The summed E-state index contributed by atoms with van der Waals surface area (Å²) in [4.78, 5) is 12.4. The fourth-order valence-corrected chi connectivity index (χ4v) is 4.29. The predicted octanol–water partition coefficient (Wildman–Crippen LogP) is 5.03. The molecule has 4 rings (SSSR count). The second kappa shape index (κ2) is 6.66. The molecular formula is C23H28O5. The van der Waals surface area contributed by atoms with E-state index in [-0.39, 0.29) is 23.8 Å². The second-order valence-electron chi connectivity index (χ2n) is 8.41. The van der Waals surface area contributed by atoms with Crippen LogP contribution in [0.3, 0.4) is 0 Å². The van der Waals surface area contributed by atoms with Gasteiger partial charge in [0.15, 0.2) is 5.58 Å². The van der Waals surface area contributed by atoms with Gasteiger partial charge < -0.3 is 18.6 Å². The molecule has 0 unspecified atom stereocenters. The van der Waals surface area contributed by atoms with Gasteiger partial charge in [0.05, 0.1) is 22.6 Å². The molecule has 2 aromatic rings. The topological polar surface area (TPSA) is 57.9 Å². The number of rotatable bonds is 3. The zero-order valence-corrected chi connectivity index (χ0v) is 17.4. The van der Waals surface area contributed by atoms with E-state index >= 15 is 0 Å². The highest BCUT2D eigenvalue weighted by Gasteiger charge is 2.40. The van der Waals surface area contributed by atoms with Crippen LogP contribution in [0.4, 0.5) is 0 Å². The minimum absolute atomic E-state index is 0.0344. The lowest BCUT2D eigenvalue weighted by molar-refractivity contribution is -0.0125. The summed E-state index contributed by atoms with van der Waals surface area (Å²) in [6, 6.07) is 1.59. The van der Waals surface area contributed by atoms with E-state index in [1.54, 1.807) is 13.2 Å². The molecule has 0 bridgehead atoms. The van der Waals surface area contributed by atoms with Crippen molar-refractivity contribution in [2.24, 2.45) is 5.92 Å². The molecule has 2 aliphatic heterocycles. The van der Waals surface area contributed by atoms with Crippen molar-refractivity contribution in [2.75, 3.05) is 7.11 Å². The lowest BCUT2D eigenvalue weighted by Gasteiger charge is -2.38. The molecule has 0 spiro atoms. The summed E-state index contributed by atoms with van der Waals surface area (Å²) >= 11 is 0. The maximum atomic E-state index is 12.4. The number of hydrogen-bond acceptors (Lipinski definition) is 5. The molecule has 0 radical (unpaired) electrons. The highest BCUT2D eigenvalue weighted by atomic mass is 16.5. The predicted molar refractivity (Wildman–Crippen MR) is 109 cm³/mol. The molecule has 28 heavy (non-hydrogen) atoms. The zero-order chi connectivity index (χ0) is 20.2. The van der Waals surface area contributed by atoms with E-state index in [0.29, 0.717) is 11.3 Å². The van der Waals surface area contributed by atoms with Crippen LogP contribution in [0.15, 0.2) is 21.4 Å². The van der Waals surface area contributed by atoms with Crippen molar-refractivity contribution in [3.05, 3.63) is 39.3 Å². The number of methoxy groups -OCH3 is 1.